The first-order valence-corrected chi connectivity index (χ1v) is 0.814. The van der Waals surface area contributed by atoms with Gasteiger partial charge in [-0.2, -0.15) is 0 Å². The number of hydrogen-bond donors (Lipinski definition) is 1. The van der Waals surface area contributed by atoms with Crippen LogP contribution in [0.5, 0.6) is 0 Å². The van der Waals surface area contributed by atoms with Gasteiger partial charge in [-0.25, -0.2) is 4.79 Å². The van der Waals surface area contributed by atoms with E-state index in [1.54, 1.807) is 0 Å². The second kappa shape index (κ2) is 1.54. The van der Waals surface area contributed by atoms with Crippen molar-refractivity contribution in [2.45, 2.75) is 0 Å². The molecule has 0 spiro atoms. The SMILES string of the molecule is [N]OC(=O)O. The Kier molecular flexibility index (Phi) is 1.30. The van der Waals surface area contributed by atoms with Crippen molar-refractivity contribution in [1.82, 2.24) is 5.90 Å². The summed E-state index contributed by atoms with van der Waals surface area (Å²) in [5.74, 6) is 7.04. The van der Waals surface area contributed by atoms with Crippen molar-refractivity contribution >= 4 is 6.16 Å². The average Bonchev–Trinajstić information content (AvgIpc) is 1.38. The quantitative estimate of drug-likeness (QED) is 0.400. The summed E-state index contributed by atoms with van der Waals surface area (Å²) in [6.07, 6.45) is -1.69. The van der Waals surface area contributed by atoms with E-state index in [1.807, 2.05) is 0 Å². The zero-order valence-corrected chi connectivity index (χ0v) is 2.21. The summed E-state index contributed by atoms with van der Waals surface area (Å²) in [5.41, 5.74) is 0. The third-order valence-corrected chi connectivity index (χ3v) is 0.0781. The molecule has 0 unspecified atom stereocenters. The fourth-order valence-electron chi connectivity index (χ4n) is 0. The van der Waals surface area contributed by atoms with Crippen molar-refractivity contribution in [2.75, 3.05) is 0 Å². The monoisotopic (exact) mass is 75.0 g/mol. The molecule has 0 saturated carbocycles. The molecule has 0 aromatic rings. The Hall–Kier alpha value is -0.770. The maximum Gasteiger partial charge on any atom is 0.528 e. The van der Waals surface area contributed by atoms with Gasteiger partial charge < -0.3 is 5.11 Å². The molecule has 5 heavy (non-hydrogen) atoms. The molecule has 28 valence electrons. The third-order valence-electron chi connectivity index (χ3n) is 0.0781. The van der Waals surface area contributed by atoms with Crippen LogP contribution in [0.2, 0.25) is 0 Å². The lowest BCUT2D eigenvalue weighted by molar-refractivity contribution is 0.0839. The van der Waals surface area contributed by atoms with Crippen molar-refractivity contribution < 1.29 is 14.7 Å². The molecular weight excluding hydrogens is 74.0 g/mol. The highest BCUT2D eigenvalue weighted by Gasteiger charge is 1.85. The molecule has 0 aromatic heterocycles. The fourth-order valence-corrected chi connectivity index (χ4v) is 0. The molecule has 2 radical (unpaired) electrons. The maximum absolute atomic E-state index is 8.90. The van der Waals surface area contributed by atoms with E-state index in [0.717, 1.165) is 0 Å². The smallest absolute Gasteiger partial charge is 0.448 e. The van der Waals surface area contributed by atoms with Gasteiger partial charge in [0.05, 0.1) is 0 Å². The first-order valence-electron chi connectivity index (χ1n) is 0.814. The summed E-state index contributed by atoms with van der Waals surface area (Å²) >= 11 is 0. The van der Waals surface area contributed by atoms with Gasteiger partial charge in [-0.05, 0) is 0 Å². The van der Waals surface area contributed by atoms with Crippen LogP contribution in [0.15, 0.2) is 0 Å². The van der Waals surface area contributed by atoms with Gasteiger partial charge in [0.2, 0.25) is 0 Å². The lowest BCUT2D eigenvalue weighted by Gasteiger charge is -1.72. The summed E-state index contributed by atoms with van der Waals surface area (Å²) in [6, 6.07) is 0. The van der Waals surface area contributed by atoms with Crippen LogP contribution in [0.25, 0.3) is 0 Å². The molecule has 1 N–H and O–H groups in total. The van der Waals surface area contributed by atoms with Crippen molar-refractivity contribution in [3.63, 3.8) is 0 Å². The molecule has 0 aliphatic heterocycles. The van der Waals surface area contributed by atoms with Gasteiger partial charge in [-0.3, -0.25) is 4.84 Å². The van der Waals surface area contributed by atoms with Gasteiger partial charge in [-0.1, -0.05) is 0 Å². The summed E-state index contributed by atoms with van der Waals surface area (Å²) in [4.78, 5) is 11.6. The molecule has 0 rings (SSSR count). The molecule has 0 bridgehead atoms. The standard InChI is InChI=1S/CHNO3/c2-5-1(3)4/h(H,3,4). The van der Waals surface area contributed by atoms with E-state index in [2.05, 4.69) is 4.84 Å². The van der Waals surface area contributed by atoms with Crippen LogP contribution in [-0.2, 0) is 4.84 Å². The van der Waals surface area contributed by atoms with Crippen molar-refractivity contribution in [3.05, 3.63) is 0 Å². The van der Waals surface area contributed by atoms with Crippen LogP contribution in [0, 0.1) is 0 Å². The van der Waals surface area contributed by atoms with Gasteiger partial charge >= 0.3 is 6.16 Å². The van der Waals surface area contributed by atoms with Crippen LogP contribution in [0.1, 0.15) is 0 Å². The summed E-state index contributed by atoms with van der Waals surface area (Å²) in [6.45, 7) is 0. The number of nitrogens with zero attached hydrogens (tertiary/aromatic N) is 1. The van der Waals surface area contributed by atoms with Gasteiger partial charge in [0.1, 0.15) is 5.90 Å². The molecule has 0 saturated heterocycles. The molecule has 4 heteroatoms. The lowest BCUT2D eigenvalue weighted by Crippen LogP contribution is -1.94. The molecule has 0 aliphatic rings. The topological polar surface area (TPSA) is 68.8 Å². The first kappa shape index (κ1) is 4.23. The van der Waals surface area contributed by atoms with Crippen LogP contribution in [0.3, 0.4) is 0 Å². The van der Waals surface area contributed by atoms with E-state index in [-0.39, 0.29) is 0 Å². The summed E-state index contributed by atoms with van der Waals surface area (Å²) < 4.78 is 0. The van der Waals surface area contributed by atoms with Crippen LogP contribution in [-0.4, -0.2) is 11.3 Å². The highest BCUT2D eigenvalue weighted by atomic mass is 16.7. The molecule has 0 heterocycles. The second-order valence-corrected chi connectivity index (χ2v) is 0.357. The largest absolute Gasteiger partial charge is 0.528 e. The van der Waals surface area contributed by atoms with E-state index in [1.165, 1.54) is 0 Å². The summed E-state index contributed by atoms with van der Waals surface area (Å²) in [7, 11) is 0. The Morgan fingerprint density at radius 2 is 2.20 bits per heavy atom. The zero-order chi connectivity index (χ0) is 4.28. The predicted molar refractivity (Wildman–Crippen MR) is 11.2 cm³/mol. The van der Waals surface area contributed by atoms with E-state index >= 15 is 0 Å². The molecular formula is CHNO3. The first-order chi connectivity index (χ1) is 2.27. The van der Waals surface area contributed by atoms with Gasteiger partial charge in [0.25, 0.3) is 0 Å². The van der Waals surface area contributed by atoms with E-state index in [0.29, 0.717) is 0 Å². The van der Waals surface area contributed by atoms with Gasteiger partial charge in [0, 0.05) is 0 Å². The van der Waals surface area contributed by atoms with Crippen LogP contribution in [0.4, 0.5) is 4.79 Å². The lowest BCUT2D eigenvalue weighted by atomic mass is 11.4. The maximum atomic E-state index is 8.90. The second-order valence-electron chi connectivity index (χ2n) is 0.357. The Labute approximate surface area is 28.1 Å². The minimum atomic E-state index is -1.69. The highest BCUT2D eigenvalue weighted by Crippen LogP contribution is 1.58. The Bertz CT molecular complexity index is 42.2. The molecule has 4 nitrogen and oxygen atoms in total. The Balaban J connectivity index is 2.85. The van der Waals surface area contributed by atoms with Crippen LogP contribution < -0.4 is 5.90 Å². The molecule has 0 atom stereocenters. The van der Waals surface area contributed by atoms with E-state index in [4.69, 9.17) is 15.8 Å². The molecule has 0 fully saturated rings. The Morgan fingerprint density at radius 1 is 2.00 bits per heavy atom. The number of carboxylic acid groups (broad SMARTS) is 1. The van der Waals surface area contributed by atoms with Gasteiger partial charge in [-0.15, -0.1) is 0 Å². The average molecular weight is 75.0 g/mol. The highest BCUT2D eigenvalue weighted by molar-refractivity contribution is 5.55. The van der Waals surface area contributed by atoms with Crippen molar-refractivity contribution in [3.8, 4) is 0 Å². The van der Waals surface area contributed by atoms with Crippen molar-refractivity contribution in [1.29, 1.82) is 0 Å². The number of carbonyl (C=O) groups is 1. The molecule has 0 aliphatic carbocycles. The third kappa shape index (κ3) is 3.23. The van der Waals surface area contributed by atoms with Gasteiger partial charge in [0.15, 0.2) is 0 Å². The summed E-state index contributed by atoms with van der Waals surface area (Å²) in [5, 5.41) is 7.25. The minimum absolute atomic E-state index is 1.69. The predicted octanol–water partition coefficient (Wildman–Crippen LogP) is -0.335. The van der Waals surface area contributed by atoms with E-state index < -0.39 is 6.16 Å². The molecule has 0 amide bonds. The van der Waals surface area contributed by atoms with Crippen molar-refractivity contribution in [2.24, 2.45) is 0 Å². The van der Waals surface area contributed by atoms with Crippen LogP contribution >= 0.6 is 0 Å². The number of hydrogen-bond acceptors (Lipinski definition) is 2. The van der Waals surface area contributed by atoms with E-state index in [9.17, 15) is 0 Å². The minimum Gasteiger partial charge on any atom is -0.448 e. The Morgan fingerprint density at radius 3 is 2.20 bits per heavy atom. The fraction of sp³-hybridized carbons (Fsp3) is 0. The number of rotatable bonds is 0. The molecule has 0 aromatic carbocycles. The normalized spacial score (nSPS) is 6.60. The zero-order valence-electron chi connectivity index (χ0n) is 2.21.